The maximum absolute atomic E-state index is 12.9. The highest BCUT2D eigenvalue weighted by molar-refractivity contribution is 6.00. The van der Waals surface area contributed by atoms with E-state index in [1.54, 1.807) is 6.07 Å². The van der Waals surface area contributed by atoms with E-state index in [9.17, 15) is 14.7 Å². The van der Waals surface area contributed by atoms with Gasteiger partial charge in [-0.05, 0) is 124 Å². The number of hydrogen-bond acceptors (Lipinski definition) is 4. The van der Waals surface area contributed by atoms with Gasteiger partial charge in [0.15, 0.2) is 0 Å². The summed E-state index contributed by atoms with van der Waals surface area (Å²) in [5.74, 6) is -1.50. The number of carbonyl (C=O) groups excluding carboxylic acids is 1. The first kappa shape index (κ1) is 26.7. The second-order valence-corrected chi connectivity index (χ2v) is 13.2. The number of likely N-dealkylation sites (tertiary alicyclic amines) is 2. The Hall–Kier alpha value is -1.92. The van der Waals surface area contributed by atoms with Gasteiger partial charge in [0.2, 0.25) is 5.91 Å². The fourth-order valence-electron chi connectivity index (χ4n) is 7.02. The molecule has 0 bridgehead atoms. The molecule has 2 saturated heterocycles. The number of aromatic carboxylic acids is 1. The number of amides is 1. The predicted octanol–water partition coefficient (Wildman–Crippen LogP) is 5.22. The van der Waals surface area contributed by atoms with Gasteiger partial charge < -0.3 is 10.8 Å². The van der Waals surface area contributed by atoms with Crippen molar-refractivity contribution in [2.24, 2.45) is 5.73 Å². The molecule has 3 N–H and O–H groups in total. The molecular formula is C28H45N3O3. The van der Waals surface area contributed by atoms with Gasteiger partial charge in [-0.2, -0.15) is 0 Å². The zero-order valence-corrected chi connectivity index (χ0v) is 22.9. The molecule has 3 rings (SSSR count). The number of hydrogen-bond donors (Lipinski definition) is 2. The zero-order chi connectivity index (χ0) is 26.0. The van der Waals surface area contributed by atoms with E-state index in [-0.39, 0.29) is 34.0 Å². The molecule has 0 saturated carbocycles. The minimum atomic E-state index is -0.961. The Balaban J connectivity index is 2.24. The van der Waals surface area contributed by atoms with Gasteiger partial charge in [0.05, 0.1) is 5.56 Å². The summed E-state index contributed by atoms with van der Waals surface area (Å²) in [6.45, 7) is 17.7. The lowest BCUT2D eigenvalue weighted by Crippen LogP contribution is -2.58. The second-order valence-electron chi connectivity index (χ2n) is 13.2. The third kappa shape index (κ3) is 4.51. The number of rotatable bonds is 4. The standard InChI is InChI=1S/C28H45N3O3/c1-25(2)13-17(14-26(3,4)30(25)9)19-11-12-20(23(29)32)21(22(19)24(33)34)18-15-27(5,6)31(10)28(7,8)16-18/h11-12,17-18H,13-16H2,1-10H3,(H2,29,32)(H,33,34). The zero-order valence-electron chi connectivity index (χ0n) is 22.9. The lowest BCUT2D eigenvalue weighted by atomic mass is 9.67. The van der Waals surface area contributed by atoms with Gasteiger partial charge in [-0.15, -0.1) is 0 Å². The molecule has 2 fully saturated rings. The van der Waals surface area contributed by atoms with E-state index in [0.717, 1.165) is 31.2 Å². The normalized spacial score (nSPS) is 25.2. The monoisotopic (exact) mass is 471 g/mol. The van der Waals surface area contributed by atoms with Crippen LogP contribution in [0, 0.1) is 0 Å². The Morgan fingerprint density at radius 1 is 0.794 bits per heavy atom. The lowest BCUT2D eigenvalue weighted by molar-refractivity contribution is -0.0142. The fourth-order valence-corrected chi connectivity index (χ4v) is 7.02. The first-order valence-corrected chi connectivity index (χ1v) is 12.5. The molecular weight excluding hydrogens is 426 g/mol. The summed E-state index contributed by atoms with van der Waals surface area (Å²) in [5, 5.41) is 10.6. The van der Waals surface area contributed by atoms with E-state index in [2.05, 4.69) is 79.3 Å². The van der Waals surface area contributed by atoms with Crippen LogP contribution in [0.1, 0.15) is 125 Å². The van der Waals surface area contributed by atoms with E-state index in [1.807, 2.05) is 6.07 Å². The molecule has 0 aliphatic carbocycles. The molecule has 1 aromatic carbocycles. The van der Waals surface area contributed by atoms with Gasteiger partial charge in [0, 0.05) is 27.7 Å². The van der Waals surface area contributed by atoms with Gasteiger partial charge in [-0.1, -0.05) is 6.07 Å². The molecule has 0 atom stereocenters. The fraction of sp³-hybridized carbons (Fsp3) is 0.714. The van der Waals surface area contributed by atoms with Crippen molar-refractivity contribution in [1.29, 1.82) is 0 Å². The van der Waals surface area contributed by atoms with Crippen molar-refractivity contribution >= 4 is 11.9 Å². The number of nitrogens with two attached hydrogens (primary N) is 1. The number of primary amides is 1. The Morgan fingerprint density at radius 3 is 1.53 bits per heavy atom. The molecule has 0 aromatic heterocycles. The highest BCUT2D eigenvalue weighted by Gasteiger charge is 2.47. The molecule has 1 amide bonds. The Bertz CT molecular complexity index is 957. The summed E-state index contributed by atoms with van der Waals surface area (Å²) < 4.78 is 0. The number of carbonyl (C=O) groups is 2. The van der Waals surface area contributed by atoms with Crippen molar-refractivity contribution < 1.29 is 14.7 Å². The van der Waals surface area contributed by atoms with Crippen LogP contribution in [-0.2, 0) is 0 Å². The van der Waals surface area contributed by atoms with Crippen molar-refractivity contribution in [2.45, 2.75) is 115 Å². The summed E-state index contributed by atoms with van der Waals surface area (Å²) in [7, 11) is 4.28. The number of piperidine rings is 2. The van der Waals surface area contributed by atoms with Crippen molar-refractivity contribution in [3.63, 3.8) is 0 Å². The molecule has 0 unspecified atom stereocenters. The van der Waals surface area contributed by atoms with Crippen molar-refractivity contribution in [1.82, 2.24) is 9.80 Å². The second kappa shape index (κ2) is 8.34. The summed E-state index contributed by atoms with van der Waals surface area (Å²) in [6.07, 6.45) is 3.24. The van der Waals surface area contributed by atoms with Crippen molar-refractivity contribution in [3.8, 4) is 0 Å². The Labute approximate surface area is 205 Å². The summed E-state index contributed by atoms with van der Waals surface area (Å²) >= 11 is 0. The average Bonchev–Trinajstić information content (AvgIpc) is 2.67. The van der Waals surface area contributed by atoms with Crippen molar-refractivity contribution in [2.75, 3.05) is 14.1 Å². The average molecular weight is 472 g/mol. The minimum Gasteiger partial charge on any atom is -0.478 e. The number of nitrogens with zero attached hydrogens (tertiary/aromatic N) is 2. The number of carboxylic acids is 1. The van der Waals surface area contributed by atoms with Crippen LogP contribution >= 0.6 is 0 Å². The third-order valence-corrected chi connectivity index (χ3v) is 9.22. The van der Waals surface area contributed by atoms with Gasteiger partial charge >= 0.3 is 5.97 Å². The smallest absolute Gasteiger partial charge is 0.336 e. The minimum absolute atomic E-state index is 0.0676. The van der Waals surface area contributed by atoms with E-state index < -0.39 is 11.9 Å². The van der Waals surface area contributed by atoms with Crippen LogP contribution in [0.15, 0.2) is 12.1 Å². The van der Waals surface area contributed by atoms with E-state index in [4.69, 9.17) is 5.73 Å². The van der Waals surface area contributed by atoms with Gasteiger partial charge in [0.1, 0.15) is 0 Å². The van der Waals surface area contributed by atoms with Crippen LogP contribution in [0.2, 0.25) is 0 Å². The molecule has 6 heteroatoms. The van der Waals surface area contributed by atoms with E-state index in [0.29, 0.717) is 16.7 Å². The SMILES string of the molecule is CN1C(C)(C)CC(c2ccc(C(N)=O)c(C3CC(C)(C)N(C)C(C)(C)C3)c2C(=O)O)CC1(C)C. The van der Waals surface area contributed by atoms with E-state index >= 15 is 0 Å². The van der Waals surface area contributed by atoms with Crippen LogP contribution in [0.3, 0.4) is 0 Å². The van der Waals surface area contributed by atoms with Gasteiger partial charge in [-0.3, -0.25) is 14.6 Å². The summed E-state index contributed by atoms with van der Waals surface area (Å²) in [5.41, 5.74) is 7.52. The predicted molar refractivity (Wildman–Crippen MR) is 138 cm³/mol. The van der Waals surface area contributed by atoms with Gasteiger partial charge in [-0.25, -0.2) is 4.79 Å². The quantitative estimate of drug-likeness (QED) is 0.629. The molecule has 190 valence electrons. The molecule has 0 spiro atoms. The first-order chi connectivity index (χ1) is 15.3. The topological polar surface area (TPSA) is 86.9 Å². The molecule has 2 aliphatic heterocycles. The maximum Gasteiger partial charge on any atom is 0.336 e. The molecule has 2 aliphatic rings. The van der Waals surface area contributed by atoms with Crippen molar-refractivity contribution in [3.05, 3.63) is 34.4 Å². The Morgan fingerprint density at radius 2 is 1.18 bits per heavy atom. The molecule has 2 heterocycles. The third-order valence-electron chi connectivity index (χ3n) is 9.22. The van der Waals surface area contributed by atoms with Crippen LogP contribution < -0.4 is 5.73 Å². The molecule has 34 heavy (non-hydrogen) atoms. The molecule has 0 radical (unpaired) electrons. The van der Waals surface area contributed by atoms with Crippen LogP contribution in [0.4, 0.5) is 0 Å². The maximum atomic E-state index is 12.9. The summed E-state index contributed by atoms with van der Waals surface area (Å²) in [6, 6.07) is 3.65. The highest BCUT2D eigenvalue weighted by Crippen LogP contribution is 2.50. The van der Waals surface area contributed by atoms with Crippen LogP contribution in [0.25, 0.3) is 0 Å². The Kier molecular flexibility index (Phi) is 6.54. The number of carboxylic acid groups (broad SMARTS) is 1. The summed E-state index contributed by atoms with van der Waals surface area (Å²) in [4.78, 5) is 30.2. The van der Waals surface area contributed by atoms with Crippen LogP contribution in [-0.4, -0.2) is 63.0 Å². The largest absolute Gasteiger partial charge is 0.478 e. The number of benzene rings is 1. The van der Waals surface area contributed by atoms with E-state index in [1.165, 1.54) is 0 Å². The highest BCUT2D eigenvalue weighted by atomic mass is 16.4. The molecule has 6 nitrogen and oxygen atoms in total. The lowest BCUT2D eigenvalue weighted by Gasteiger charge is -2.55. The first-order valence-electron chi connectivity index (χ1n) is 12.5. The van der Waals surface area contributed by atoms with Gasteiger partial charge in [0.25, 0.3) is 0 Å². The van der Waals surface area contributed by atoms with Crippen LogP contribution in [0.5, 0.6) is 0 Å². The molecule has 1 aromatic rings.